The predicted molar refractivity (Wildman–Crippen MR) is 74.6 cm³/mol. The maximum atomic E-state index is 12.1. The minimum absolute atomic E-state index is 0.0820. The number of rotatable bonds is 4. The number of carbonyl (C=O) groups is 2. The van der Waals surface area contributed by atoms with Crippen LogP contribution in [0.15, 0.2) is 24.3 Å². The molecule has 5 heteroatoms. The number of para-hydroxylation sites is 1. The van der Waals surface area contributed by atoms with Crippen molar-refractivity contribution >= 4 is 17.7 Å². The Morgan fingerprint density at radius 3 is 2.42 bits per heavy atom. The number of hydrogen-bond acceptors (Lipinski definition) is 2. The largest absolute Gasteiger partial charge is 0.478 e. The molecule has 2 amide bonds. The van der Waals surface area contributed by atoms with Crippen molar-refractivity contribution in [3.8, 4) is 0 Å². The maximum Gasteiger partial charge on any atom is 0.337 e. The summed E-state index contributed by atoms with van der Waals surface area (Å²) in [4.78, 5) is 24.8. The second-order valence-electron chi connectivity index (χ2n) is 5.01. The van der Waals surface area contributed by atoms with Gasteiger partial charge in [-0.25, -0.2) is 9.59 Å². The fraction of sp³-hybridized carbons (Fsp3) is 0.429. The highest BCUT2D eigenvalue weighted by Crippen LogP contribution is 2.20. The predicted octanol–water partition coefficient (Wildman–Crippen LogP) is 3.04. The third-order valence-electron chi connectivity index (χ3n) is 3.48. The molecule has 0 unspecified atom stereocenters. The highest BCUT2D eigenvalue weighted by atomic mass is 16.4. The number of hydrogen-bond donors (Lipinski definition) is 2. The van der Waals surface area contributed by atoms with E-state index in [0.29, 0.717) is 5.69 Å². The Morgan fingerprint density at radius 1 is 1.32 bits per heavy atom. The van der Waals surface area contributed by atoms with E-state index in [1.807, 2.05) is 20.8 Å². The summed E-state index contributed by atoms with van der Waals surface area (Å²) < 4.78 is 0. The number of carbonyl (C=O) groups excluding carboxylic acids is 1. The van der Waals surface area contributed by atoms with E-state index in [-0.39, 0.29) is 17.1 Å². The van der Waals surface area contributed by atoms with E-state index < -0.39 is 5.97 Å². The molecule has 1 aromatic carbocycles. The minimum atomic E-state index is -1.06. The van der Waals surface area contributed by atoms with Crippen LogP contribution in [0.1, 0.15) is 37.6 Å². The molecule has 104 valence electrons. The molecule has 0 spiro atoms. The number of carboxylic acid groups (broad SMARTS) is 1. The summed E-state index contributed by atoms with van der Waals surface area (Å²) in [5.74, 6) is -1.06. The standard InChI is InChI=1S/C14H20N2O3/c1-5-14(2,3)16(4)13(19)15-11-9-7-6-8-10(11)12(17)18/h6-9H,5H2,1-4H3,(H,15,19)(H,17,18). The molecule has 5 nitrogen and oxygen atoms in total. The van der Waals surface area contributed by atoms with Crippen LogP contribution in [0.2, 0.25) is 0 Å². The highest BCUT2D eigenvalue weighted by molar-refractivity contribution is 6.00. The van der Waals surface area contributed by atoms with E-state index in [2.05, 4.69) is 5.32 Å². The second-order valence-corrected chi connectivity index (χ2v) is 5.01. The lowest BCUT2D eigenvalue weighted by Crippen LogP contribution is -2.46. The van der Waals surface area contributed by atoms with E-state index in [4.69, 9.17) is 5.11 Å². The van der Waals surface area contributed by atoms with Gasteiger partial charge in [-0.2, -0.15) is 0 Å². The quantitative estimate of drug-likeness (QED) is 0.878. The average molecular weight is 264 g/mol. The molecule has 0 saturated heterocycles. The van der Waals surface area contributed by atoms with E-state index >= 15 is 0 Å². The smallest absolute Gasteiger partial charge is 0.337 e. The van der Waals surface area contributed by atoms with Gasteiger partial charge in [0, 0.05) is 12.6 Å². The van der Waals surface area contributed by atoms with Crippen LogP contribution in [0.4, 0.5) is 10.5 Å². The molecule has 0 aliphatic carbocycles. The van der Waals surface area contributed by atoms with Gasteiger partial charge in [0.1, 0.15) is 0 Å². The Bertz CT molecular complexity index is 483. The average Bonchev–Trinajstić information content (AvgIpc) is 2.38. The molecular weight excluding hydrogens is 244 g/mol. The lowest BCUT2D eigenvalue weighted by Gasteiger charge is -2.34. The number of nitrogens with one attached hydrogen (secondary N) is 1. The van der Waals surface area contributed by atoms with Gasteiger partial charge in [-0.3, -0.25) is 0 Å². The van der Waals surface area contributed by atoms with Crippen LogP contribution in [0.25, 0.3) is 0 Å². The first-order valence-corrected chi connectivity index (χ1v) is 6.16. The van der Waals surface area contributed by atoms with Gasteiger partial charge in [-0.05, 0) is 32.4 Å². The van der Waals surface area contributed by atoms with Gasteiger partial charge in [0.15, 0.2) is 0 Å². The summed E-state index contributed by atoms with van der Waals surface area (Å²) in [5, 5.41) is 11.7. The van der Waals surface area contributed by atoms with Gasteiger partial charge in [0.2, 0.25) is 0 Å². The first-order chi connectivity index (χ1) is 8.79. The van der Waals surface area contributed by atoms with Crippen molar-refractivity contribution in [2.24, 2.45) is 0 Å². The van der Waals surface area contributed by atoms with Crippen LogP contribution in [0.3, 0.4) is 0 Å². The SMILES string of the molecule is CCC(C)(C)N(C)C(=O)Nc1ccccc1C(=O)O. The number of benzene rings is 1. The summed E-state index contributed by atoms with van der Waals surface area (Å²) in [6, 6.07) is 6.03. The van der Waals surface area contributed by atoms with Crippen LogP contribution < -0.4 is 5.32 Å². The Hall–Kier alpha value is -2.04. The van der Waals surface area contributed by atoms with Crippen LogP contribution >= 0.6 is 0 Å². The molecule has 19 heavy (non-hydrogen) atoms. The van der Waals surface area contributed by atoms with Crippen LogP contribution in [0, 0.1) is 0 Å². The Kier molecular flexibility index (Phi) is 4.53. The van der Waals surface area contributed by atoms with Crippen molar-refractivity contribution in [3.05, 3.63) is 29.8 Å². The summed E-state index contributed by atoms with van der Waals surface area (Å²) >= 11 is 0. The lowest BCUT2D eigenvalue weighted by atomic mass is 10.0. The van der Waals surface area contributed by atoms with E-state index in [1.54, 1.807) is 30.1 Å². The third kappa shape index (κ3) is 3.47. The molecular formula is C14H20N2O3. The number of amides is 2. The van der Waals surface area contributed by atoms with Crippen molar-refractivity contribution in [1.82, 2.24) is 4.90 Å². The summed E-state index contributed by atoms with van der Waals surface area (Å²) in [7, 11) is 1.70. The van der Waals surface area contributed by atoms with Gasteiger partial charge in [-0.1, -0.05) is 19.1 Å². The highest BCUT2D eigenvalue weighted by Gasteiger charge is 2.26. The summed E-state index contributed by atoms with van der Waals surface area (Å²) in [5.41, 5.74) is 0.0970. The molecule has 0 fully saturated rings. The summed E-state index contributed by atoms with van der Waals surface area (Å²) in [6.07, 6.45) is 0.803. The molecule has 2 N–H and O–H groups in total. The van der Waals surface area contributed by atoms with Gasteiger partial charge >= 0.3 is 12.0 Å². The van der Waals surface area contributed by atoms with Gasteiger partial charge in [0.05, 0.1) is 11.3 Å². The van der Waals surface area contributed by atoms with Crippen LogP contribution in [-0.2, 0) is 0 Å². The normalized spacial score (nSPS) is 10.9. The molecule has 0 aliphatic heterocycles. The van der Waals surface area contributed by atoms with Gasteiger partial charge in [0.25, 0.3) is 0 Å². The Balaban J connectivity index is 2.92. The summed E-state index contributed by atoms with van der Waals surface area (Å²) in [6.45, 7) is 5.90. The molecule has 0 bridgehead atoms. The molecule has 1 rings (SSSR count). The van der Waals surface area contributed by atoms with E-state index in [1.165, 1.54) is 6.07 Å². The fourth-order valence-corrected chi connectivity index (χ4v) is 1.49. The topological polar surface area (TPSA) is 69.6 Å². The molecule has 0 atom stereocenters. The maximum absolute atomic E-state index is 12.1. The zero-order chi connectivity index (χ0) is 14.6. The molecule has 1 aromatic rings. The van der Waals surface area contributed by atoms with Crippen molar-refractivity contribution in [3.63, 3.8) is 0 Å². The molecule has 0 heterocycles. The lowest BCUT2D eigenvalue weighted by molar-refractivity contribution is 0.0698. The molecule has 0 radical (unpaired) electrons. The van der Waals surface area contributed by atoms with Crippen molar-refractivity contribution in [2.75, 3.05) is 12.4 Å². The Labute approximate surface area is 113 Å². The van der Waals surface area contributed by atoms with Crippen molar-refractivity contribution < 1.29 is 14.7 Å². The number of anilines is 1. The monoisotopic (exact) mass is 264 g/mol. The van der Waals surface area contributed by atoms with Gasteiger partial charge < -0.3 is 15.3 Å². The van der Waals surface area contributed by atoms with E-state index in [9.17, 15) is 9.59 Å². The minimum Gasteiger partial charge on any atom is -0.478 e. The van der Waals surface area contributed by atoms with Crippen LogP contribution in [0.5, 0.6) is 0 Å². The number of aromatic carboxylic acids is 1. The van der Waals surface area contributed by atoms with Crippen molar-refractivity contribution in [1.29, 1.82) is 0 Å². The zero-order valence-corrected chi connectivity index (χ0v) is 11.7. The molecule has 0 aliphatic rings. The fourth-order valence-electron chi connectivity index (χ4n) is 1.49. The first-order valence-electron chi connectivity index (χ1n) is 6.16. The molecule has 0 saturated carbocycles. The van der Waals surface area contributed by atoms with E-state index in [0.717, 1.165) is 6.42 Å². The molecule has 0 aromatic heterocycles. The Morgan fingerprint density at radius 2 is 1.89 bits per heavy atom. The third-order valence-corrected chi connectivity index (χ3v) is 3.48. The van der Waals surface area contributed by atoms with Crippen LogP contribution in [-0.4, -0.2) is 34.6 Å². The number of urea groups is 1. The first kappa shape index (κ1) is 15.0. The zero-order valence-electron chi connectivity index (χ0n) is 11.7. The second kappa shape index (κ2) is 5.73. The van der Waals surface area contributed by atoms with Gasteiger partial charge in [-0.15, -0.1) is 0 Å². The number of carboxylic acids is 1. The van der Waals surface area contributed by atoms with Crippen molar-refractivity contribution in [2.45, 2.75) is 32.7 Å². The number of nitrogens with zero attached hydrogens (tertiary/aromatic N) is 1.